The monoisotopic (exact) mass is 293 g/mol. The molecule has 0 saturated carbocycles. The second kappa shape index (κ2) is 6.11. The topological polar surface area (TPSA) is 105 Å². The normalized spacial score (nSPS) is 10.2. The summed E-state index contributed by atoms with van der Waals surface area (Å²) in [6, 6.07) is 3.97. The minimum Gasteiger partial charge on any atom is -0.477 e. The fourth-order valence-corrected chi connectivity index (χ4v) is 2.26. The number of nitro groups is 1. The van der Waals surface area contributed by atoms with Crippen LogP contribution >= 0.6 is 11.3 Å². The average molecular weight is 293 g/mol. The molecule has 0 aliphatic rings. The van der Waals surface area contributed by atoms with E-state index in [1.165, 1.54) is 29.5 Å². The molecular weight excluding hydrogens is 282 g/mol. The maximum Gasteiger partial charge on any atom is 0.342 e. The molecule has 0 unspecified atom stereocenters. The van der Waals surface area contributed by atoms with Crippen LogP contribution in [0, 0.1) is 10.1 Å². The van der Waals surface area contributed by atoms with E-state index in [1.54, 1.807) is 5.51 Å². The first-order chi connectivity index (χ1) is 9.58. The Kier molecular flexibility index (Phi) is 4.26. The third-order valence-electron chi connectivity index (χ3n) is 2.62. The molecule has 0 saturated heterocycles. The number of carbonyl (C=O) groups is 1. The lowest BCUT2D eigenvalue weighted by atomic mass is 10.1. The Labute approximate surface area is 118 Å². The van der Waals surface area contributed by atoms with E-state index in [0.29, 0.717) is 18.7 Å². The van der Waals surface area contributed by atoms with Crippen molar-refractivity contribution in [3.05, 3.63) is 50.5 Å². The molecule has 0 aliphatic heterocycles. The highest BCUT2D eigenvalue weighted by atomic mass is 32.1. The van der Waals surface area contributed by atoms with Crippen LogP contribution in [0.2, 0.25) is 0 Å². The first-order valence-corrected chi connectivity index (χ1v) is 6.65. The summed E-state index contributed by atoms with van der Waals surface area (Å²) in [7, 11) is 0. The third kappa shape index (κ3) is 3.29. The molecule has 0 radical (unpaired) electrons. The Morgan fingerprint density at radius 2 is 2.30 bits per heavy atom. The summed E-state index contributed by atoms with van der Waals surface area (Å²) in [6.45, 7) is 0.563. The number of nitro benzene ring substituents is 1. The first kappa shape index (κ1) is 13.9. The fraction of sp³-hybridized carbons (Fsp3) is 0.167. The van der Waals surface area contributed by atoms with E-state index in [-0.39, 0.29) is 5.56 Å². The number of thiazole rings is 1. The van der Waals surface area contributed by atoms with Gasteiger partial charge < -0.3 is 10.4 Å². The minimum atomic E-state index is -1.31. The van der Waals surface area contributed by atoms with Gasteiger partial charge in [-0.15, -0.1) is 11.3 Å². The van der Waals surface area contributed by atoms with Crippen LogP contribution in [-0.4, -0.2) is 27.5 Å². The molecule has 7 nitrogen and oxygen atoms in total. The van der Waals surface area contributed by atoms with Crippen LogP contribution in [-0.2, 0) is 6.42 Å². The zero-order valence-corrected chi connectivity index (χ0v) is 11.1. The highest BCUT2D eigenvalue weighted by molar-refractivity contribution is 7.07. The molecule has 8 heteroatoms. The maximum atomic E-state index is 10.9. The SMILES string of the molecule is O=C(O)c1ccc(NCCc2cscn2)cc1[N+](=O)[O-]. The van der Waals surface area contributed by atoms with Crippen molar-refractivity contribution >= 4 is 28.7 Å². The van der Waals surface area contributed by atoms with E-state index in [0.717, 1.165) is 5.69 Å². The van der Waals surface area contributed by atoms with E-state index < -0.39 is 16.6 Å². The van der Waals surface area contributed by atoms with E-state index in [2.05, 4.69) is 10.3 Å². The number of hydrogen-bond donors (Lipinski definition) is 2. The van der Waals surface area contributed by atoms with E-state index in [4.69, 9.17) is 5.11 Å². The molecule has 0 spiro atoms. The van der Waals surface area contributed by atoms with Crippen molar-refractivity contribution in [2.45, 2.75) is 6.42 Å². The van der Waals surface area contributed by atoms with E-state index in [1.807, 2.05) is 5.38 Å². The van der Waals surface area contributed by atoms with E-state index >= 15 is 0 Å². The number of aromatic carboxylic acids is 1. The van der Waals surface area contributed by atoms with Gasteiger partial charge in [-0.3, -0.25) is 10.1 Å². The minimum absolute atomic E-state index is 0.319. The van der Waals surface area contributed by atoms with Gasteiger partial charge in [0.2, 0.25) is 0 Å². The van der Waals surface area contributed by atoms with Gasteiger partial charge in [0.1, 0.15) is 5.56 Å². The lowest BCUT2D eigenvalue weighted by Crippen LogP contribution is -2.07. The van der Waals surface area contributed by atoms with Crippen molar-refractivity contribution in [2.75, 3.05) is 11.9 Å². The zero-order chi connectivity index (χ0) is 14.5. The van der Waals surface area contributed by atoms with Crippen molar-refractivity contribution in [3.63, 3.8) is 0 Å². The van der Waals surface area contributed by atoms with Crippen LogP contribution in [0.3, 0.4) is 0 Å². The zero-order valence-electron chi connectivity index (χ0n) is 10.3. The molecule has 2 N–H and O–H groups in total. The highest BCUT2D eigenvalue weighted by Crippen LogP contribution is 2.23. The molecule has 0 atom stereocenters. The molecule has 0 amide bonds. The number of nitrogens with one attached hydrogen (secondary N) is 1. The summed E-state index contributed by atoms with van der Waals surface area (Å²) in [5, 5.41) is 24.7. The molecular formula is C12H11N3O4S. The Hall–Kier alpha value is -2.48. The predicted molar refractivity (Wildman–Crippen MR) is 74.4 cm³/mol. The van der Waals surface area contributed by atoms with Crippen LogP contribution in [0.4, 0.5) is 11.4 Å². The lowest BCUT2D eigenvalue weighted by molar-refractivity contribution is -0.385. The number of carboxylic acid groups (broad SMARTS) is 1. The quantitative estimate of drug-likeness (QED) is 0.626. The number of hydrogen-bond acceptors (Lipinski definition) is 6. The molecule has 0 fully saturated rings. The number of benzene rings is 1. The Morgan fingerprint density at radius 3 is 2.90 bits per heavy atom. The molecule has 0 aliphatic carbocycles. The van der Waals surface area contributed by atoms with E-state index in [9.17, 15) is 14.9 Å². The Bertz CT molecular complexity index is 628. The van der Waals surface area contributed by atoms with Gasteiger partial charge in [0, 0.05) is 30.1 Å². The largest absolute Gasteiger partial charge is 0.477 e. The second-order valence-electron chi connectivity index (χ2n) is 3.95. The van der Waals surface area contributed by atoms with Crippen LogP contribution in [0.5, 0.6) is 0 Å². The first-order valence-electron chi connectivity index (χ1n) is 5.70. The van der Waals surface area contributed by atoms with Gasteiger partial charge in [-0.1, -0.05) is 0 Å². The molecule has 1 aromatic carbocycles. The summed E-state index contributed by atoms with van der Waals surface area (Å²) in [5.74, 6) is -1.31. The van der Waals surface area contributed by atoms with Gasteiger partial charge in [-0.25, -0.2) is 9.78 Å². The van der Waals surface area contributed by atoms with Crippen molar-refractivity contribution in [2.24, 2.45) is 0 Å². The summed E-state index contributed by atoms with van der Waals surface area (Å²) < 4.78 is 0. The molecule has 1 heterocycles. The molecule has 20 heavy (non-hydrogen) atoms. The maximum absolute atomic E-state index is 10.9. The lowest BCUT2D eigenvalue weighted by Gasteiger charge is -2.06. The van der Waals surface area contributed by atoms with Gasteiger partial charge in [-0.05, 0) is 12.1 Å². The van der Waals surface area contributed by atoms with Crippen molar-refractivity contribution in [3.8, 4) is 0 Å². The summed E-state index contributed by atoms with van der Waals surface area (Å²) >= 11 is 1.50. The molecule has 104 valence electrons. The van der Waals surface area contributed by atoms with Gasteiger partial charge >= 0.3 is 5.97 Å². The Balaban J connectivity index is 2.07. The van der Waals surface area contributed by atoms with Crippen LogP contribution in [0.25, 0.3) is 0 Å². The molecule has 2 aromatic rings. The predicted octanol–water partition coefficient (Wildman–Crippen LogP) is 2.40. The number of rotatable bonds is 6. The van der Waals surface area contributed by atoms with Crippen molar-refractivity contribution in [1.82, 2.24) is 4.98 Å². The number of aromatic nitrogens is 1. The van der Waals surface area contributed by atoms with Crippen LogP contribution in [0.15, 0.2) is 29.1 Å². The van der Waals surface area contributed by atoms with Gasteiger partial charge in [-0.2, -0.15) is 0 Å². The molecule has 0 bridgehead atoms. The number of anilines is 1. The van der Waals surface area contributed by atoms with Crippen LogP contribution < -0.4 is 5.32 Å². The fourth-order valence-electron chi connectivity index (χ4n) is 1.67. The van der Waals surface area contributed by atoms with Crippen molar-refractivity contribution in [1.29, 1.82) is 0 Å². The second-order valence-corrected chi connectivity index (χ2v) is 4.67. The molecule has 2 rings (SSSR count). The third-order valence-corrected chi connectivity index (χ3v) is 3.25. The van der Waals surface area contributed by atoms with Crippen LogP contribution in [0.1, 0.15) is 16.1 Å². The number of nitrogens with zero attached hydrogens (tertiary/aromatic N) is 2. The molecule has 1 aromatic heterocycles. The summed E-state index contributed by atoms with van der Waals surface area (Å²) in [5.41, 5.74) is 2.45. The standard InChI is InChI=1S/C12H11N3O4S/c16-12(17)10-2-1-8(5-11(10)15(18)19)13-4-3-9-6-20-7-14-9/h1-2,5-7,13H,3-4H2,(H,16,17). The smallest absolute Gasteiger partial charge is 0.342 e. The van der Waals surface area contributed by atoms with Crippen molar-refractivity contribution < 1.29 is 14.8 Å². The summed E-state index contributed by atoms with van der Waals surface area (Å²) in [6.07, 6.45) is 0.692. The van der Waals surface area contributed by atoms with Gasteiger partial charge in [0.15, 0.2) is 0 Å². The van der Waals surface area contributed by atoms with Gasteiger partial charge in [0.05, 0.1) is 16.1 Å². The Morgan fingerprint density at radius 1 is 1.50 bits per heavy atom. The highest BCUT2D eigenvalue weighted by Gasteiger charge is 2.19. The average Bonchev–Trinajstić information content (AvgIpc) is 2.91. The number of carboxylic acids is 1. The van der Waals surface area contributed by atoms with Gasteiger partial charge in [0.25, 0.3) is 5.69 Å². The summed E-state index contributed by atoms with van der Waals surface area (Å²) in [4.78, 5) is 25.1.